The van der Waals surface area contributed by atoms with E-state index in [0.29, 0.717) is 12.0 Å². The maximum absolute atomic E-state index is 12.8. The van der Waals surface area contributed by atoms with Crippen molar-refractivity contribution in [1.82, 2.24) is 4.90 Å². The Labute approximate surface area is 174 Å². The molecule has 1 saturated heterocycles. The predicted octanol–water partition coefficient (Wildman–Crippen LogP) is 2.82. The number of esters is 2. The first kappa shape index (κ1) is 23.4. The van der Waals surface area contributed by atoms with Gasteiger partial charge in [-0.2, -0.15) is 0 Å². The third-order valence-electron chi connectivity index (χ3n) is 5.36. The number of carbonyl (C=O) groups is 2. The lowest BCUT2D eigenvalue weighted by Crippen LogP contribution is -2.43. The quantitative estimate of drug-likeness (QED) is 0.454. The number of hydrogen-bond acceptors (Lipinski definition) is 6. The summed E-state index contributed by atoms with van der Waals surface area (Å²) in [5, 5.41) is 0. The third-order valence-corrected chi connectivity index (χ3v) is 5.36. The molecular formula is C22H37N2O5+. The minimum absolute atomic E-state index is 0.00231. The minimum atomic E-state index is -0.452. The van der Waals surface area contributed by atoms with Gasteiger partial charge in [0, 0.05) is 31.7 Å². The SMILES string of the molecule is CC[C@H](C[N+](C)(C)C)OC(=O)C1=CN([C@@H]2O[C@H](CC)[C@@H](C)[C@H]2OC(C)=O)C=CC1. The largest absolute Gasteiger partial charge is 0.457 e. The molecule has 0 saturated carbocycles. The molecule has 0 aromatic rings. The fourth-order valence-corrected chi connectivity index (χ4v) is 3.88. The molecule has 2 aliphatic rings. The van der Waals surface area contributed by atoms with Gasteiger partial charge in [0.1, 0.15) is 6.54 Å². The molecule has 1 fully saturated rings. The van der Waals surface area contributed by atoms with Gasteiger partial charge in [-0.15, -0.1) is 0 Å². The van der Waals surface area contributed by atoms with E-state index in [1.807, 2.05) is 31.0 Å². The van der Waals surface area contributed by atoms with E-state index in [-0.39, 0.29) is 30.1 Å². The molecule has 5 atom stereocenters. The highest BCUT2D eigenvalue weighted by Gasteiger charge is 2.45. The van der Waals surface area contributed by atoms with Gasteiger partial charge in [0.2, 0.25) is 0 Å². The van der Waals surface area contributed by atoms with Crippen molar-refractivity contribution in [3.05, 3.63) is 24.0 Å². The van der Waals surface area contributed by atoms with Crippen LogP contribution in [0.2, 0.25) is 0 Å². The van der Waals surface area contributed by atoms with Gasteiger partial charge in [-0.25, -0.2) is 4.79 Å². The maximum atomic E-state index is 12.8. The van der Waals surface area contributed by atoms with Gasteiger partial charge in [0.05, 0.1) is 32.8 Å². The van der Waals surface area contributed by atoms with Crippen molar-refractivity contribution in [2.75, 3.05) is 27.7 Å². The number of hydrogen-bond donors (Lipinski definition) is 0. The van der Waals surface area contributed by atoms with Crippen LogP contribution in [0.1, 0.15) is 47.0 Å². The summed E-state index contributed by atoms with van der Waals surface area (Å²) < 4.78 is 18.2. The van der Waals surface area contributed by atoms with Crippen LogP contribution in [-0.2, 0) is 23.8 Å². The van der Waals surface area contributed by atoms with Crippen LogP contribution in [-0.4, -0.2) is 73.5 Å². The molecule has 0 N–H and O–H groups in total. The summed E-state index contributed by atoms with van der Waals surface area (Å²) in [5.74, 6) is -0.563. The predicted molar refractivity (Wildman–Crippen MR) is 110 cm³/mol. The Morgan fingerprint density at radius 2 is 2.00 bits per heavy atom. The second-order valence-electron chi connectivity index (χ2n) is 9.01. The summed E-state index contributed by atoms with van der Waals surface area (Å²) in [7, 11) is 6.25. The van der Waals surface area contributed by atoms with Crippen molar-refractivity contribution in [3.63, 3.8) is 0 Å². The molecule has 2 heterocycles. The lowest BCUT2D eigenvalue weighted by atomic mass is 9.98. The summed E-state index contributed by atoms with van der Waals surface area (Å²) in [6, 6.07) is 0. The highest BCUT2D eigenvalue weighted by Crippen LogP contribution is 2.34. The monoisotopic (exact) mass is 409 g/mol. The number of quaternary nitrogens is 1. The molecule has 29 heavy (non-hydrogen) atoms. The fraction of sp³-hybridized carbons (Fsp3) is 0.727. The number of ether oxygens (including phenoxy) is 3. The summed E-state index contributed by atoms with van der Waals surface area (Å²) in [6.07, 6.45) is 6.68. The normalized spacial score (nSPS) is 28.1. The lowest BCUT2D eigenvalue weighted by molar-refractivity contribution is -0.873. The Hall–Kier alpha value is -1.86. The van der Waals surface area contributed by atoms with Crippen LogP contribution >= 0.6 is 0 Å². The molecule has 0 aromatic heterocycles. The fourth-order valence-electron chi connectivity index (χ4n) is 3.88. The molecule has 0 spiro atoms. The average molecular weight is 410 g/mol. The van der Waals surface area contributed by atoms with Crippen LogP contribution in [0.5, 0.6) is 0 Å². The Morgan fingerprint density at radius 3 is 2.55 bits per heavy atom. The van der Waals surface area contributed by atoms with Crippen molar-refractivity contribution in [2.45, 2.75) is 71.5 Å². The number of likely N-dealkylation sites (N-methyl/N-ethyl adjacent to an activating group) is 1. The van der Waals surface area contributed by atoms with Gasteiger partial charge in [0.25, 0.3) is 0 Å². The number of nitrogens with zero attached hydrogens (tertiary/aromatic N) is 2. The van der Waals surface area contributed by atoms with Crippen LogP contribution in [0.15, 0.2) is 24.0 Å². The first-order valence-corrected chi connectivity index (χ1v) is 10.5. The smallest absolute Gasteiger partial charge is 0.336 e. The topological polar surface area (TPSA) is 65.1 Å². The Bertz CT molecular complexity index is 652. The van der Waals surface area contributed by atoms with E-state index in [1.54, 1.807) is 6.20 Å². The van der Waals surface area contributed by atoms with Crippen LogP contribution in [0.25, 0.3) is 0 Å². The molecule has 2 aliphatic heterocycles. The Morgan fingerprint density at radius 1 is 1.31 bits per heavy atom. The molecule has 7 nitrogen and oxygen atoms in total. The van der Waals surface area contributed by atoms with E-state index in [0.717, 1.165) is 23.9 Å². The van der Waals surface area contributed by atoms with Crippen LogP contribution in [0, 0.1) is 5.92 Å². The zero-order chi connectivity index (χ0) is 21.8. The molecule has 2 rings (SSSR count). The third kappa shape index (κ3) is 6.31. The van der Waals surface area contributed by atoms with E-state index in [4.69, 9.17) is 14.2 Å². The highest BCUT2D eigenvalue weighted by atomic mass is 16.6. The Balaban J connectivity index is 2.14. The molecule has 0 unspecified atom stereocenters. The molecular weight excluding hydrogens is 372 g/mol. The average Bonchev–Trinajstić information content (AvgIpc) is 2.95. The Kier molecular flexibility index (Phi) is 7.88. The zero-order valence-electron chi connectivity index (χ0n) is 18.9. The van der Waals surface area contributed by atoms with Gasteiger partial charge in [-0.1, -0.05) is 26.8 Å². The maximum Gasteiger partial charge on any atom is 0.336 e. The van der Waals surface area contributed by atoms with Crippen molar-refractivity contribution in [1.29, 1.82) is 0 Å². The molecule has 7 heteroatoms. The molecule has 0 aliphatic carbocycles. The van der Waals surface area contributed by atoms with Crippen molar-refractivity contribution < 1.29 is 28.3 Å². The van der Waals surface area contributed by atoms with E-state index in [9.17, 15) is 9.59 Å². The summed E-state index contributed by atoms with van der Waals surface area (Å²) in [6.45, 7) is 8.28. The first-order valence-electron chi connectivity index (χ1n) is 10.5. The van der Waals surface area contributed by atoms with E-state index < -0.39 is 12.3 Å². The summed E-state index contributed by atoms with van der Waals surface area (Å²) >= 11 is 0. The number of allylic oxidation sites excluding steroid dienone is 1. The molecule has 0 amide bonds. The van der Waals surface area contributed by atoms with Crippen molar-refractivity contribution >= 4 is 11.9 Å². The summed E-state index contributed by atoms with van der Waals surface area (Å²) in [5.41, 5.74) is 0.574. The number of rotatable bonds is 8. The molecule has 164 valence electrons. The van der Waals surface area contributed by atoms with Crippen molar-refractivity contribution in [2.24, 2.45) is 5.92 Å². The minimum Gasteiger partial charge on any atom is -0.457 e. The van der Waals surface area contributed by atoms with Crippen LogP contribution in [0.3, 0.4) is 0 Å². The number of carbonyl (C=O) groups excluding carboxylic acids is 2. The second-order valence-corrected chi connectivity index (χ2v) is 9.01. The van der Waals surface area contributed by atoms with Gasteiger partial charge >= 0.3 is 11.9 Å². The van der Waals surface area contributed by atoms with Gasteiger partial charge in [-0.05, 0) is 12.8 Å². The summed E-state index contributed by atoms with van der Waals surface area (Å²) in [4.78, 5) is 26.2. The van der Waals surface area contributed by atoms with E-state index >= 15 is 0 Å². The second kappa shape index (κ2) is 9.76. The lowest BCUT2D eigenvalue weighted by Gasteiger charge is -2.31. The van der Waals surface area contributed by atoms with Crippen molar-refractivity contribution in [3.8, 4) is 0 Å². The zero-order valence-corrected chi connectivity index (χ0v) is 18.9. The van der Waals surface area contributed by atoms with Gasteiger partial charge < -0.3 is 23.6 Å². The standard InChI is InChI=1S/C22H37N2O5/c1-8-18(14-24(5,6)7)28-22(26)17-11-10-12-23(13-17)21-20(27-16(4)25)15(3)19(9-2)29-21/h10,12-13,15,18-21H,8-9,11,14H2,1-7H3/q+1/t15-,18-,19-,20-,21-/m1/s1. The molecule has 0 radical (unpaired) electrons. The van der Waals surface area contributed by atoms with Crippen LogP contribution < -0.4 is 0 Å². The van der Waals surface area contributed by atoms with E-state index in [1.165, 1.54) is 6.92 Å². The first-order chi connectivity index (χ1) is 13.6. The van der Waals surface area contributed by atoms with Gasteiger partial charge in [-0.3, -0.25) is 4.79 Å². The molecule has 0 aromatic carbocycles. The highest BCUT2D eigenvalue weighted by molar-refractivity contribution is 5.89. The molecule has 0 bridgehead atoms. The van der Waals surface area contributed by atoms with Gasteiger partial charge in [0.15, 0.2) is 18.4 Å². The van der Waals surface area contributed by atoms with Crippen LogP contribution in [0.4, 0.5) is 0 Å². The van der Waals surface area contributed by atoms with E-state index in [2.05, 4.69) is 28.1 Å².